The van der Waals surface area contributed by atoms with Crippen LogP contribution in [0, 0.1) is 11.3 Å². The van der Waals surface area contributed by atoms with Gasteiger partial charge in [-0.25, -0.2) is 0 Å². The van der Waals surface area contributed by atoms with Crippen LogP contribution in [0.4, 0.5) is 0 Å². The highest BCUT2D eigenvalue weighted by molar-refractivity contribution is 5.89. The molecule has 22 heavy (non-hydrogen) atoms. The zero-order valence-corrected chi connectivity index (χ0v) is 15.2. The molecule has 0 aromatic heterocycles. The molecule has 4 unspecified atom stereocenters. The molecule has 2 fully saturated rings. The van der Waals surface area contributed by atoms with Gasteiger partial charge in [0.2, 0.25) is 5.91 Å². The molecule has 1 heterocycles. The molecular formula is C16H31ClN2O3. The number of hydrogen-bond donors (Lipinski definition) is 1. The Morgan fingerprint density at radius 3 is 2.55 bits per heavy atom. The van der Waals surface area contributed by atoms with E-state index >= 15 is 0 Å². The molecule has 0 bridgehead atoms. The van der Waals surface area contributed by atoms with Gasteiger partial charge in [0.15, 0.2) is 0 Å². The van der Waals surface area contributed by atoms with Gasteiger partial charge in [-0.15, -0.1) is 12.4 Å². The first-order chi connectivity index (χ1) is 9.77. The van der Waals surface area contributed by atoms with Crippen LogP contribution in [0.2, 0.25) is 0 Å². The Labute approximate surface area is 140 Å². The molecule has 130 valence electrons. The summed E-state index contributed by atoms with van der Waals surface area (Å²) in [6.45, 7) is 10.3. The molecule has 5 nitrogen and oxygen atoms in total. The molecule has 2 rings (SSSR count). The van der Waals surface area contributed by atoms with Crippen LogP contribution in [0.1, 0.15) is 40.5 Å². The number of hydrogen-bond acceptors (Lipinski definition) is 4. The van der Waals surface area contributed by atoms with E-state index in [-0.39, 0.29) is 35.9 Å². The molecule has 0 radical (unpaired) electrons. The van der Waals surface area contributed by atoms with E-state index in [1.165, 1.54) is 0 Å². The first kappa shape index (κ1) is 19.7. The minimum absolute atomic E-state index is 0. The predicted molar refractivity (Wildman–Crippen MR) is 89.1 cm³/mol. The van der Waals surface area contributed by atoms with Crippen LogP contribution in [0.15, 0.2) is 0 Å². The summed E-state index contributed by atoms with van der Waals surface area (Å²) in [6.07, 6.45) is 1.75. The topological polar surface area (TPSA) is 64.8 Å². The van der Waals surface area contributed by atoms with Crippen molar-refractivity contribution in [3.63, 3.8) is 0 Å². The van der Waals surface area contributed by atoms with E-state index in [0.29, 0.717) is 25.5 Å². The summed E-state index contributed by atoms with van der Waals surface area (Å²) >= 11 is 0. The van der Waals surface area contributed by atoms with Crippen LogP contribution in [0.3, 0.4) is 0 Å². The number of piperidine rings is 1. The Balaban J connectivity index is 0.00000242. The van der Waals surface area contributed by atoms with E-state index in [1.54, 1.807) is 7.11 Å². The van der Waals surface area contributed by atoms with Crippen molar-refractivity contribution in [1.29, 1.82) is 0 Å². The summed E-state index contributed by atoms with van der Waals surface area (Å²) < 4.78 is 11.2. The molecule has 1 amide bonds. The molecule has 2 N–H and O–H groups in total. The number of carbonyl (C=O) groups excluding carboxylic acids is 1. The highest BCUT2D eigenvalue weighted by atomic mass is 35.5. The summed E-state index contributed by atoms with van der Waals surface area (Å²) in [5.74, 6) is 0.538. The van der Waals surface area contributed by atoms with Crippen LogP contribution in [-0.4, -0.2) is 55.4 Å². The number of amides is 1. The fourth-order valence-electron chi connectivity index (χ4n) is 3.61. The van der Waals surface area contributed by atoms with Gasteiger partial charge < -0.3 is 20.1 Å². The molecule has 0 aromatic rings. The second-order valence-electron chi connectivity index (χ2n) is 7.13. The van der Waals surface area contributed by atoms with E-state index < -0.39 is 5.54 Å². The van der Waals surface area contributed by atoms with Gasteiger partial charge in [0.1, 0.15) is 5.54 Å². The summed E-state index contributed by atoms with van der Waals surface area (Å²) in [5.41, 5.74) is 5.34. The Morgan fingerprint density at radius 1 is 1.41 bits per heavy atom. The van der Waals surface area contributed by atoms with Crippen molar-refractivity contribution < 1.29 is 14.3 Å². The maximum absolute atomic E-state index is 12.9. The van der Waals surface area contributed by atoms with Gasteiger partial charge in [-0.1, -0.05) is 20.8 Å². The van der Waals surface area contributed by atoms with Gasteiger partial charge in [0.25, 0.3) is 0 Å². The SMILES string of the molecule is CCOC1CC(N)(C(=O)N2CCC(C)C(OC)C2)C1(C)C.Cl. The summed E-state index contributed by atoms with van der Waals surface area (Å²) in [6, 6.07) is 0. The number of nitrogens with two attached hydrogens (primary N) is 1. The maximum atomic E-state index is 12.9. The van der Waals surface area contributed by atoms with E-state index in [9.17, 15) is 4.79 Å². The molecule has 1 aliphatic carbocycles. The number of carbonyl (C=O) groups is 1. The van der Waals surface area contributed by atoms with Crippen molar-refractivity contribution in [1.82, 2.24) is 4.90 Å². The molecule has 4 atom stereocenters. The Hall–Kier alpha value is -0.360. The zero-order valence-electron chi connectivity index (χ0n) is 14.4. The summed E-state index contributed by atoms with van der Waals surface area (Å²) in [5, 5.41) is 0. The third-order valence-corrected chi connectivity index (χ3v) is 5.69. The molecule has 0 spiro atoms. The Kier molecular flexibility index (Phi) is 6.30. The third kappa shape index (κ3) is 3.01. The molecular weight excluding hydrogens is 304 g/mol. The van der Waals surface area contributed by atoms with Crippen LogP contribution < -0.4 is 5.73 Å². The first-order valence-corrected chi connectivity index (χ1v) is 8.00. The number of nitrogens with zero attached hydrogens (tertiary/aromatic N) is 1. The number of rotatable bonds is 4. The van der Waals surface area contributed by atoms with Crippen LogP contribution in [0.25, 0.3) is 0 Å². The molecule has 1 saturated carbocycles. The van der Waals surface area contributed by atoms with Crippen molar-refractivity contribution >= 4 is 18.3 Å². The summed E-state index contributed by atoms with van der Waals surface area (Å²) in [7, 11) is 1.71. The van der Waals surface area contributed by atoms with Crippen molar-refractivity contribution in [3.05, 3.63) is 0 Å². The van der Waals surface area contributed by atoms with Crippen molar-refractivity contribution in [3.8, 4) is 0 Å². The minimum atomic E-state index is -0.814. The first-order valence-electron chi connectivity index (χ1n) is 8.00. The van der Waals surface area contributed by atoms with Crippen molar-refractivity contribution in [2.75, 3.05) is 26.8 Å². The molecule has 2 aliphatic rings. The van der Waals surface area contributed by atoms with E-state index in [0.717, 1.165) is 13.0 Å². The predicted octanol–water partition coefficient (Wildman–Crippen LogP) is 1.82. The number of likely N-dealkylation sites (tertiary alicyclic amines) is 1. The monoisotopic (exact) mass is 334 g/mol. The van der Waals surface area contributed by atoms with Crippen LogP contribution in [-0.2, 0) is 14.3 Å². The van der Waals surface area contributed by atoms with E-state index in [1.807, 2.05) is 25.7 Å². The fraction of sp³-hybridized carbons (Fsp3) is 0.938. The van der Waals surface area contributed by atoms with Gasteiger partial charge >= 0.3 is 0 Å². The third-order valence-electron chi connectivity index (χ3n) is 5.69. The second kappa shape index (κ2) is 7.04. The lowest BCUT2D eigenvalue weighted by atomic mass is 9.54. The number of methoxy groups -OCH3 is 1. The molecule has 1 aliphatic heterocycles. The molecule has 6 heteroatoms. The average Bonchev–Trinajstić information content (AvgIpc) is 2.46. The standard InChI is InChI=1S/C16H30N2O3.ClH/c1-6-21-13-9-16(17,15(13,3)4)14(19)18-8-7-11(2)12(10-18)20-5;/h11-13H,6-10,17H2,1-5H3;1H. The maximum Gasteiger partial charge on any atom is 0.243 e. The molecule has 1 saturated heterocycles. The Morgan fingerprint density at radius 2 is 2.05 bits per heavy atom. The normalized spacial score (nSPS) is 37.2. The van der Waals surface area contributed by atoms with Gasteiger partial charge in [0.05, 0.1) is 12.2 Å². The lowest BCUT2D eigenvalue weighted by molar-refractivity contribution is -0.182. The van der Waals surface area contributed by atoms with E-state index in [2.05, 4.69) is 6.92 Å². The quantitative estimate of drug-likeness (QED) is 0.851. The van der Waals surface area contributed by atoms with Gasteiger partial charge in [0, 0.05) is 38.6 Å². The minimum Gasteiger partial charge on any atom is -0.379 e. The van der Waals surface area contributed by atoms with Crippen LogP contribution in [0.5, 0.6) is 0 Å². The van der Waals surface area contributed by atoms with E-state index in [4.69, 9.17) is 15.2 Å². The average molecular weight is 335 g/mol. The van der Waals surface area contributed by atoms with Gasteiger partial charge in [-0.3, -0.25) is 4.79 Å². The molecule has 0 aromatic carbocycles. The van der Waals surface area contributed by atoms with Gasteiger partial charge in [-0.2, -0.15) is 0 Å². The number of halogens is 1. The van der Waals surface area contributed by atoms with Crippen molar-refractivity contribution in [2.45, 2.75) is 58.3 Å². The second-order valence-corrected chi connectivity index (χ2v) is 7.13. The Bertz CT molecular complexity index is 405. The number of ether oxygens (including phenoxy) is 2. The van der Waals surface area contributed by atoms with Crippen molar-refractivity contribution in [2.24, 2.45) is 17.1 Å². The summed E-state index contributed by atoms with van der Waals surface area (Å²) in [4.78, 5) is 14.8. The van der Waals surface area contributed by atoms with Crippen LogP contribution >= 0.6 is 12.4 Å². The smallest absolute Gasteiger partial charge is 0.243 e. The van der Waals surface area contributed by atoms with Gasteiger partial charge in [-0.05, 0) is 19.3 Å². The lowest BCUT2D eigenvalue weighted by Gasteiger charge is -2.59. The fourth-order valence-corrected chi connectivity index (χ4v) is 3.61. The highest BCUT2D eigenvalue weighted by Gasteiger charge is 2.63. The largest absolute Gasteiger partial charge is 0.379 e. The zero-order chi connectivity index (χ0) is 15.8. The lowest BCUT2D eigenvalue weighted by Crippen LogP contribution is -2.76. The highest BCUT2D eigenvalue weighted by Crippen LogP contribution is 2.50.